The van der Waals surface area contributed by atoms with Crippen LogP contribution in [-0.4, -0.2) is 17.1 Å². The summed E-state index contributed by atoms with van der Waals surface area (Å²) in [7, 11) is 0. The highest BCUT2D eigenvalue weighted by Gasteiger charge is 2.30. The van der Waals surface area contributed by atoms with E-state index in [0.29, 0.717) is 25.6 Å². The molecule has 162 valence electrons. The molecule has 0 unspecified atom stereocenters. The van der Waals surface area contributed by atoms with Gasteiger partial charge in [0.2, 0.25) is 0 Å². The monoisotopic (exact) mass is 464 g/mol. The number of hydrogen-bond donors (Lipinski definition) is 0. The molecule has 0 bridgehead atoms. The smallest absolute Gasteiger partial charge is 0.338 e. The first-order chi connectivity index (χ1) is 15.5. The number of nitrogens with zero attached hydrogens (tertiary/aromatic N) is 2. The standard InChI is InChI=1S/C25H21ClN2O3S/c1-3-31-24(30)22-16(2)27-25-28(20(22)14-13-17-9-5-4-6-10-17)23(29)21(32-25)15-18-11-7-8-12-19(18)26/h4-15,20H,3H2,1-2H3/b14-13-,21-15?/t20-/m0/s1. The number of benzene rings is 2. The van der Waals surface area contributed by atoms with Crippen LogP contribution < -0.4 is 14.9 Å². The van der Waals surface area contributed by atoms with E-state index in [4.69, 9.17) is 16.3 Å². The van der Waals surface area contributed by atoms with Gasteiger partial charge in [-0.25, -0.2) is 9.79 Å². The number of ether oxygens (including phenoxy) is 1. The predicted octanol–water partition coefficient (Wildman–Crippen LogP) is 4.12. The summed E-state index contributed by atoms with van der Waals surface area (Å²) in [4.78, 5) is 31.3. The summed E-state index contributed by atoms with van der Waals surface area (Å²) in [6.07, 6.45) is 5.50. The van der Waals surface area contributed by atoms with Gasteiger partial charge in [0.05, 0.1) is 28.5 Å². The van der Waals surface area contributed by atoms with Crippen molar-refractivity contribution < 1.29 is 9.53 Å². The molecule has 0 saturated carbocycles. The highest BCUT2D eigenvalue weighted by Crippen LogP contribution is 2.26. The summed E-state index contributed by atoms with van der Waals surface area (Å²) in [5, 5.41) is 0.558. The Morgan fingerprint density at radius 1 is 1.19 bits per heavy atom. The molecule has 3 aromatic rings. The molecule has 1 atom stereocenters. The first-order valence-corrected chi connectivity index (χ1v) is 11.4. The number of aromatic nitrogens is 1. The third-order valence-electron chi connectivity index (χ3n) is 5.02. The highest BCUT2D eigenvalue weighted by atomic mass is 35.5. The molecule has 4 rings (SSSR count). The Bertz CT molecular complexity index is 1400. The summed E-state index contributed by atoms with van der Waals surface area (Å²) < 4.78 is 7.32. The second kappa shape index (κ2) is 9.51. The van der Waals surface area contributed by atoms with Crippen molar-refractivity contribution in [2.75, 3.05) is 6.61 Å². The average Bonchev–Trinajstić information content (AvgIpc) is 3.09. The Morgan fingerprint density at radius 3 is 2.62 bits per heavy atom. The van der Waals surface area contributed by atoms with Crippen LogP contribution in [0.2, 0.25) is 5.02 Å². The molecule has 0 amide bonds. The fourth-order valence-corrected chi connectivity index (χ4v) is 4.75. The van der Waals surface area contributed by atoms with Gasteiger partial charge in [-0.05, 0) is 37.1 Å². The molecular weight excluding hydrogens is 444 g/mol. The molecule has 7 heteroatoms. The van der Waals surface area contributed by atoms with Crippen molar-refractivity contribution in [2.24, 2.45) is 4.99 Å². The second-order valence-electron chi connectivity index (χ2n) is 7.14. The molecule has 0 N–H and O–H groups in total. The van der Waals surface area contributed by atoms with Crippen LogP contribution >= 0.6 is 22.9 Å². The van der Waals surface area contributed by atoms with Crippen LogP contribution in [0.25, 0.3) is 12.2 Å². The van der Waals surface area contributed by atoms with Crippen molar-refractivity contribution in [3.8, 4) is 0 Å². The number of thiazole rings is 1. The van der Waals surface area contributed by atoms with Crippen LogP contribution in [0.15, 0.2) is 81.7 Å². The molecule has 0 fully saturated rings. The maximum Gasteiger partial charge on any atom is 0.338 e. The summed E-state index contributed by atoms with van der Waals surface area (Å²) in [5.74, 6) is -0.475. The van der Waals surface area contributed by atoms with Gasteiger partial charge in [-0.1, -0.05) is 83.6 Å². The fraction of sp³-hybridized carbons (Fsp3) is 0.160. The third kappa shape index (κ3) is 4.38. The van der Waals surface area contributed by atoms with Gasteiger partial charge in [-0.15, -0.1) is 0 Å². The summed E-state index contributed by atoms with van der Waals surface area (Å²) in [5.41, 5.74) is 2.37. The average molecular weight is 465 g/mol. The van der Waals surface area contributed by atoms with Crippen molar-refractivity contribution in [1.29, 1.82) is 0 Å². The van der Waals surface area contributed by atoms with Gasteiger partial charge in [0.15, 0.2) is 4.80 Å². The molecule has 0 saturated heterocycles. The number of fused-ring (bicyclic) bond motifs is 1. The Balaban J connectivity index is 1.89. The maximum absolute atomic E-state index is 13.4. The topological polar surface area (TPSA) is 60.7 Å². The van der Waals surface area contributed by atoms with Gasteiger partial charge >= 0.3 is 5.97 Å². The van der Waals surface area contributed by atoms with Gasteiger partial charge in [0.25, 0.3) is 5.56 Å². The molecule has 2 aromatic carbocycles. The zero-order chi connectivity index (χ0) is 22.7. The Kier molecular flexibility index (Phi) is 6.53. The van der Waals surface area contributed by atoms with E-state index in [9.17, 15) is 9.59 Å². The number of rotatable bonds is 5. The number of hydrogen-bond acceptors (Lipinski definition) is 5. The van der Waals surface area contributed by atoms with E-state index in [1.54, 1.807) is 30.6 Å². The molecule has 0 spiro atoms. The van der Waals surface area contributed by atoms with E-state index in [2.05, 4.69) is 4.99 Å². The number of carbonyl (C=O) groups excluding carboxylic acids is 1. The van der Waals surface area contributed by atoms with Crippen molar-refractivity contribution in [2.45, 2.75) is 19.9 Å². The zero-order valence-corrected chi connectivity index (χ0v) is 19.2. The third-order valence-corrected chi connectivity index (χ3v) is 6.35. The van der Waals surface area contributed by atoms with Gasteiger partial charge in [0.1, 0.15) is 0 Å². The van der Waals surface area contributed by atoms with Crippen LogP contribution in [0.3, 0.4) is 0 Å². The lowest BCUT2D eigenvalue weighted by atomic mass is 10.0. The number of carbonyl (C=O) groups is 1. The molecule has 2 heterocycles. The van der Waals surface area contributed by atoms with E-state index in [1.807, 2.05) is 60.7 Å². The number of halogens is 1. The van der Waals surface area contributed by atoms with Gasteiger partial charge in [-0.2, -0.15) is 0 Å². The number of esters is 1. The van der Waals surface area contributed by atoms with Crippen molar-refractivity contribution >= 4 is 41.1 Å². The van der Waals surface area contributed by atoms with Crippen LogP contribution in [0.1, 0.15) is 31.0 Å². The maximum atomic E-state index is 13.4. The Labute approximate surface area is 194 Å². The highest BCUT2D eigenvalue weighted by molar-refractivity contribution is 7.07. The van der Waals surface area contributed by atoms with Crippen molar-refractivity contribution in [3.05, 3.63) is 108 Å². The largest absolute Gasteiger partial charge is 0.463 e. The Morgan fingerprint density at radius 2 is 1.91 bits per heavy atom. The molecule has 1 aromatic heterocycles. The van der Waals surface area contributed by atoms with E-state index in [0.717, 1.165) is 11.1 Å². The SMILES string of the molecule is CCOC(=O)C1=C(C)N=c2sc(=Cc3ccccc3Cl)c(=O)n2[C@H]1/C=C\c1ccccc1. The van der Waals surface area contributed by atoms with Gasteiger partial charge in [0, 0.05) is 5.02 Å². The lowest BCUT2D eigenvalue weighted by Crippen LogP contribution is -2.38. The fourth-order valence-electron chi connectivity index (χ4n) is 3.52. The quantitative estimate of drug-likeness (QED) is 0.534. The van der Waals surface area contributed by atoms with Gasteiger partial charge < -0.3 is 4.74 Å². The summed E-state index contributed by atoms with van der Waals surface area (Å²) in [6, 6.07) is 16.4. The molecule has 0 aliphatic carbocycles. The molecule has 1 aliphatic heterocycles. The van der Waals surface area contributed by atoms with E-state index in [1.165, 1.54) is 11.3 Å². The first kappa shape index (κ1) is 22.0. The Hall–Kier alpha value is -3.22. The molecule has 5 nitrogen and oxygen atoms in total. The normalized spacial score (nSPS) is 16.2. The lowest BCUT2D eigenvalue weighted by Gasteiger charge is -2.21. The van der Waals surface area contributed by atoms with Crippen molar-refractivity contribution in [1.82, 2.24) is 4.57 Å². The predicted molar refractivity (Wildman–Crippen MR) is 128 cm³/mol. The minimum absolute atomic E-state index is 0.231. The van der Waals surface area contributed by atoms with Crippen molar-refractivity contribution in [3.63, 3.8) is 0 Å². The number of allylic oxidation sites excluding steroid dienone is 2. The van der Waals surface area contributed by atoms with Crippen LogP contribution in [0, 0.1) is 0 Å². The lowest BCUT2D eigenvalue weighted by molar-refractivity contribution is -0.139. The molecule has 0 radical (unpaired) electrons. The summed E-state index contributed by atoms with van der Waals surface area (Å²) in [6.45, 7) is 3.75. The zero-order valence-electron chi connectivity index (χ0n) is 17.6. The summed E-state index contributed by atoms with van der Waals surface area (Å²) >= 11 is 7.55. The van der Waals surface area contributed by atoms with Crippen LogP contribution in [0.5, 0.6) is 0 Å². The van der Waals surface area contributed by atoms with Gasteiger partial charge in [-0.3, -0.25) is 9.36 Å². The molecule has 1 aliphatic rings. The minimum atomic E-state index is -0.626. The van der Waals surface area contributed by atoms with Crippen LogP contribution in [0.4, 0.5) is 0 Å². The van der Waals surface area contributed by atoms with Crippen LogP contribution in [-0.2, 0) is 9.53 Å². The van der Waals surface area contributed by atoms with E-state index >= 15 is 0 Å². The second-order valence-corrected chi connectivity index (χ2v) is 8.55. The first-order valence-electron chi connectivity index (χ1n) is 10.2. The van der Waals surface area contributed by atoms with E-state index < -0.39 is 12.0 Å². The minimum Gasteiger partial charge on any atom is -0.463 e. The molecular formula is C25H21ClN2O3S. The molecule has 32 heavy (non-hydrogen) atoms. The van der Waals surface area contributed by atoms with E-state index in [-0.39, 0.29) is 12.2 Å².